The number of carboxylic acids is 4. The van der Waals surface area contributed by atoms with E-state index >= 15 is 0 Å². The number of hydrogen-bond donors (Lipinski definition) is 4. The van der Waals surface area contributed by atoms with Crippen molar-refractivity contribution in [3.8, 4) is 0 Å². The van der Waals surface area contributed by atoms with Crippen molar-refractivity contribution >= 4 is 47.8 Å². The van der Waals surface area contributed by atoms with E-state index in [1.165, 1.54) is 0 Å². The second kappa shape index (κ2) is 10.7. The van der Waals surface area contributed by atoms with Gasteiger partial charge in [0.15, 0.2) is 0 Å². The lowest BCUT2D eigenvalue weighted by Gasteiger charge is -2.27. The smallest absolute Gasteiger partial charge is 0.349 e. The van der Waals surface area contributed by atoms with E-state index in [9.17, 15) is 48.6 Å². The minimum atomic E-state index is -2.95. The fraction of sp³-hybridized carbons (Fsp3) is 0.500. The van der Waals surface area contributed by atoms with E-state index in [-0.39, 0.29) is 0 Å². The van der Waals surface area contributed by atoms with Crippen molar-refractivity contribution in [3.63, 3.8) is 0 Å². The summed E-state index contributed by atoms with van der Waals surface area (Å²) in [6.45, 7) is 1.45. The largest absolute Gasteiger partial charge is 0.481 e. The molecule has 0 aliphatic carbocycles. The Hall–Kier alpha value is -4.04. The Labute approximate surface area is 172 Å². The lowest BCUT2D eigenvalue weighted by atomic mass is 9.94. The highest BCUT2D eigenvalue weighted by atomic mass is 16.6. The first-order valence-electron chi connectivity index (χ1n) is 8.08. The van der Waals surface area contributed by atoms with Crippen LogP contribution in [0.3, 0.4) is 0 Å². The molecule has 0 saturated heterocycles. The zero-order chi connectivity index (χ0) is 24.6. The average Bonchev–Trinajstić information content (AvgIpc) is 2.50. The molecule has 0 heterocycles. The van der Waals surface area contributed by atoms with Gasteiger partial charge in [0.1, 0.15) is 0 Å². The number of carbonyl (C=O) groups excluding carboxylic acids is 4. The number of hydrogen-bond acceptors (Lipinski definition) is 11. The van der Waals surface area contributed by atoms with Crippen molar-refractivity contribution in [2.45, 2.75) is 50.7 Å². The van der Waals surface area contributed by atoms with Gasteiger partial charge < -0.3 is 34.6 Å². The van der Waals surface area contributed by atoms with Crippen LogP contribution in [0.1, 0.15) is 39.5 Å². The van der Waals surface area contributed by atoms with Crippen LogP contribution in [-0.2, 0) is 52.6 Å². The molecule has 0 saturated carbocycles. The SMILES string of the molecule is CC(=O)OC(CC(=O)O)(CC(=O)OC(=O)CC(CC(=O)O)(OC(C)=O)C(=O)O)C(=O)O. The van der Waals surface area contributed by atoms with Gasteiger partial charge in [-0.2, -0.15) is 0 Å². The molecule has 0 aromatic heterocycles. The molecule has 0 amide bonds. The Balaban J connectivity index is 5.69. The zero-order valence-electron chi connectivity index (χ0n) is 16.1. The maximum atomic E-state index is 12.0. The lowest BCUT2D eigenvalue weighted by Crippen LogP contribution is -2.48. The van der Waals surface area contributed by atoms with Gasteiger partial charge in [-0.05, 0) is 0 Å². The second-order valence-electron chi connectivity index (χ2n) is 6.13. The molecule has 15 heteroatoms. The summed E-state index contributed by atoms with van der Waals surface area (Å²) in [6, 6.07) is 0. The first kappa shape index (κ1) is 27.0. The second-order valence-corrected chi connectivity index (χ2v) is 6.13. The molecule has 0 rings (SSSR count). The summed E-state index contributed by atoms with van der Waals surface area (Å²) in [6.07, 6.45) is -5.72. The molecule has 31 heavy (non-hydrogen) atoms. The Morgan fingerprint density at radius 2 is 0.871 bits per heavy atom. The minimum Gasteiger partial charge on any atom is -0.481 e. The molecule has 0 aliphatic rings. The van der Waals surface area contributed by atoms with Gasteiger partial charge in [-0.3, -0.25) is 28.8 Å². The van der Waals surface area contributed by atoms with Crippen molar-refractivity contribution in [2.24, 2.45) is 0 Å². The van der Waals surface area contributed by atoms with Gasteiger partial charge in [0, 0.05) is 13.8 Å². The standard InChI is InChI=1S/C16H18O15/c1-7(17)30-15(13(25)26,3-9(19)20)5-11(23)29-12(24)6-16(14(27)28,4-10(21)22)31-8(2)18/h3-6H2,1-2H3,(H,19,20)(H,21,22)(H,25,26)(H,27,28). The number of esters is 4. The first-order valence-corrected chi connectivity index (χ1v) is 8.08. The average molecular weight is 450 g/mol. The normalized spacial score (nSPS) is 14.1. The predicted octanol–water partition coefficient (Wildman–Crippen LogP) is -1.44. The van der Waals surface area contributed by atoms with Crippen LogP contribution in [0, 0.1) is 0 Å². The van der Waals surface area contributed by atoms with Crippen LogP contribution in [-0.4, -0.2) is 79.4 Å². The van der Waals surface area contributed by atoms with Crippen LogP contribution in [0.25, 0.3) is 0 Å². The van der Waals surface area contributed by atoms with Crippen LogP contribution in [0.2, 0.25) is 0 Å². The van der Waals surface area contributed by atoms with Gasteiger partial charge in [0.2, 0.25) is 11.2 Å². The third-order valence-electron chi connectivity index (χ3n) is 3.42. The van der Waals surface area contributed by atoms with Crippen LogP contribution in [0.5, 0.6) is 0 Å². The first-order chi connectivity index (χ1) is 14.0. The van der Waals surface area contributed by atoms with E-state index in [4.69, 9.17) is 10.2 Å². The number of aliphatic carboxylic acids is 4. The third-order valence-corrected chi connectivity index (χ3v) is 3.42. The zero-order valence-corrected chi connectivity index (χ0v) is 16.1. The molecule has 2 unspecified atom stereocenters. The minimum absolute atomic E-state index is 0.724. The van der Waals surface area contributed by atoms with Gasteiger partial charge in [-0.25, -0.2) is 9.59 Å². The molecule has 15 nitrogen and oxygen atoms in total. The van der Waals surface area contributed by atoms with Crippen molar-refractivity contribution in [1.29, 1.82) is 0 Å². The molecular weight excluding hydrogens is 432 g/mol. The number of ether oxygens (including phenoxy) is 3. The van der Waals surface area contributed by atoms with Gasteiger partial charge in [0.25, 0.3) is 0 Å². The molecule has 172 valence electrons. The fourth-order valence-electron chi connectivity index (χ4n) is 2.36. The summed E-state index contributed by atoms with van der Waals surface area (Å²) in [5, 5.41) is 36.1. The van der Waals surface area contributed by atoms with Gasteiger partial charge in [0.05, 0.1) is 25.7 Å². The van der Waals surface area contributed by atoms with Gasteiger partial charge in [-0.15, -0.1) is 0 Å². The Morgan fingerprint density at radius 1 is 0.581 bits per heavy atom. The van der Waals surface area contributed by atoms with E-state index in [1.54, 1.807) is 0 Å². The van der Waals surface area contributed by atoms with E-state index in [0.29, 0.717) is 0 Å². The Kier molecular flexibility index (Phi) is 9.27. The Bertz CT molecular complexity index is 710. The molecule has 0 spiro atoms. The van der Waals surface area contributed by atoms with Crippen molar-refractivity contribution in [3.05, 3.63) is 0 Å². The molecule has 2 atom stereocenters. The summed E-state index contributed by atoms with van der Waals surface area (Å²) in [5.41, 5.74) is -5.90. The maximum Gasteiger partial charge on any atom is 0.349 e. The molecule has 0 radical (unpaired) electrons. The van der Waals surface area contributed by atoms with E-state index < -0.39 is 84.6 Å². The number of carbonyl (C=O) groups is 8. The molecule has 0 bridgehead atoms. The van der Waals surface area contributed by atoms with E-state index in [1.807, 2.05) is 0 Å². The van der Waals surface area contributed by atoms with Gasteiger partial charge in [-0.1, -0.05) is 0 Å². The van der Waals surface area contributed by atoms with E-state index in [2.05, 4.69) is 14.2 Å². The molecular formula is C16H18O15. The van der Waals surface area contributed by atoms with E-state index in [0.717, 1.165) is 13.8 Å². The predicted molar refractivity (Wildman–Crippen MR) is 89.1 cm³/mol. The monoisotopic (exact) mass is 450 g/mol. The third kappa shape index (κ3) is 8.46. The topological polar surface area (TPSA) is 245 Å². The highest BCUT2D eigenvalue weighted by Crippen LogP contribution is 2.26. The van der Waals surface area contributed by atoms with Crippen molar-refractivity contribution in [2.75, 3.05) is 0 Å². The van der Waals surface area contributed by atoms with Crippen LogP contribution >= 0.6 is 0 Å². The quantitative estimate of drug-likeness (QED) is 0.151. The maximum absolute atomic E-state index is 12.0. The summed E-state index contributed by atoms with van der Waals surface area (Å²) in [7, 11) is 0. The van der Waals surface area contributed by atoms with Gasteiger partial charge >= 0.3 is 47.8 Å². The van der Waals surface area contributed by atoms with Crippen LogP contribution < -0.4 is 0 Å². The lowest BCUT2D eigenvalue weighted by molar-refractivity contribution is -0.189. The number of carboxylic acid groups (broad SMARTS) is 4. The van der Waals surface area contributed by atoms with Crippen molar-refractivity contribution in [1.82, 2.24) is 0 Å². The van der Waals surface area contributed by atoms with Crippen LogP contribution in [0.4, 0.5) is 0 Å². The molecule has 0 fully saturated rings. The highest BCUT2D eigenvalue weighted by molar-refractivity contribution is 5.96. The van der Waals surface area contributed by atoms with Crippen LogP contribution in [0.15, 0.2) is 0 Å². The summed E-state index contributed by atoms with van der Waals surface area (Å²) >= 11 is 0. The summed E-state index contributed by atoms with van der Waals surface area (Å²) < 4.78 is 13.1. The molecule has 4 N–H and O–H groups in total. The fourth-order valence-corrected chi connectivity index (χ4v) is 2.36. The molecule has 0 aromatic carbocycles. The molecule has 0 aromatic rings. The highest BCUT2D eigenvalue weighted by Gasteiger charge is 2.49. The summed E-state index contributed by atoms with van der Waals surface area (Å²) in [4.78, 5) is 91.0. The number of rotatable bonds is 12. The Morgan fingerprint density at radius 3 is 1.06 bits per heavy atom. The van der Waals surface area contributed by atoms with Crippen molar-refractivity contribution < 1.29 is 73.0 Å². The molecule has 0 aliphatic heterocycles. The summed E-state index contributed by atoms with van der Waals surface area (Å²) in [5.74, 6) is -13.7.